The molecule has 132 valence electrons. The Hall–Kier alpha value is -3.73. The monoisotopic (exact) mass is 356 g/mol. The zero-order valence-corrected chi connectivity index (χ0v) is 14.6. The van der Waals surface area contributed by atoms with E-state index in [1.54, 1.807) is 22.6 Å². The summed E-state index contributed by atoms with van der Waals surface area (Å²) in [5.41, 5.74) is 3.90. The van der Waals surface area contributed by atoms with Gasteiger partial charge in [-0.25, -0.2) is 9.78 Å². The summed E-state index contributed by atoms with van der Waals surface area (Å²) in [6, 6.07) is 19.5. The number of aromatic nitrogens is 2. The fraction of sp³-hybridized carbons (Fsp3) is 0.0455. The zero-order chi connectivity index (χ0) is 19.0. The third kappa shape index (κ3) is 2.89. The maximum absolute atomic E-state index is 13.1. The van der Waals surface area contributed by atoms with Gasteiger partial charge in [-0.3, -0.25) is 9.20 Å². The summed E-state index contributed by atoms with van der Waals surface area (Å²) in [4.78, 5) is 28.8. The van der Waals surface area contributed by atoms with Crippen molar-refractivity contribution >= 4 is 17.3 Å². The molecule has 4 aromatic rings. The lowest BCUT2D eigenvalue weighted by atomic mass is 10.0. The molecule has 2 aromatic heterocycles. The third-order valence-electron chi connectivity index (χ3n) is 4.55. The number of rotatable bonds is 4. The van der Waals surface area contributed by atoms with Gasteiger partial charge in [0, 0.05) is 17.3 Å². The van der Waals surface area contributed by atoms with Gasteiger partial charge >= 0.3 is 5.97 Å². The number of carbonyl (C=O) groups is 2. The Morgan fingerprint density at radius 1 is 0.926 bits per heavy atom. The second kappa shape index (κ2) is 6.53. The smallest absolute Gasteiger partial charge is 0.335 e. The second-order valence-corrected chi connectivity index (χ2v) is 6.27. The molecule has 0 atom stereocenters. The molecule has 0 aliphatic carbocycles. The van der Waals surface area contributed by atoms with Gasteiger partial charge in [-0.15, -0.1) is 0 Å². The van der Waals surface area contributed by atoms with Crippen LogP contribution in [0.15, 0.2) is 72.9 Å². The summed E-state index contributed by atoms with van der Waals surface area (Å²) < 4.78 is 1.77. The van der Waals surface area contributed by atoms with Crippen LogP contribution in [0.5, 0.6) is 0 Å². The quantitative estimate of drug-likeness (QED) is 0.555. The number of aromatic carboxylic acids is 1. The molecular formula is C22H16N2O3. The largest absolute Gasteiger partial charge is 0.478 e. The van der Waals surface area contributed by atoms with E-state index in [9.17, 15) is 9.59 Å². The van der Waals surface area contributed by atoms with E-state index in [2.05, 4.69) is 4.98 Å². The predicted molar refractivity (Wildman–Crippen MR) is 102 cm³/mol. The van der Waals surface area contributed by atoms with Gasteiger partial charge in [0.05, 0.1) is 16.8 Å². The molecule has 0 aliphatic rings. The highest BCUT2D eigenvalue weighted by molar-refractivity contribution is 6.09. The minimum Gasteiger partial charge on any atom is -0.478 e. The molecule has 0 amide bonds. The molecule has 5 heteroatoms. The number of carboxylic acids is 1. The maximum atomic E-state index is 13.1. The van der Waals surface area contributed by atoms with Gasteiger partial charge in [-0.1, -0.05) is 42.5 Å². The molecule has 5 nitrogen and oxygen atoms in total. The normalized spacial score (nSPS) is 10.9. The van der Waals surface area contributed by atoms with E-state index >= 15 is 0 Å². The van der Waals surface area contributed by atoms with Crippen LogP contribution in [0.4, 0.5) is 0 Å². The average Bonchev–Trinajstić information content (AvgIpc) is 3.08. The van der Waals surface area contributed by atoms with Crippen LogP contribution in [-0.4, -0.2) is 26.2 Å². The lowest BCUT2D eigenvalue weighted by Crippen LogP contribution is -2.08. The van der Waals surface area contributed by atoms with Crippen molar-refractivity contribution in [2.24, 2.45) is 0 Å². The van der Waals surface area contributed by atoms with Gasteiger partial charge < -0.3 is 5.11 Å². The standard InChI is InChI=1S/C22H16N2O3/c1-14-6-2-3-7-17(14)20(25)21-23-19(18-8-4-5-13-24(18)21)15-9-11-16(12-10-15)22(26)27/h2-13H,1H3,(H,26,27). The molecule has 0 saturated carbocycles. The number of imidazole rings is 1. The number of carboxylic acid groups (broad SMARTS) is 1. The van der Waals surface area contributed by atoms with Crippen molar-refractivity contribution in [3.63, 3.8) is 0 Å². The number of aryl methyl sites for hydroxylation is 1. The summed E-state index contributed by atoms with van der Waals surface area (Å²) in [7, 11) is 0. The van der Waals surface area contributed by atoms with Gasteiger partial charge in [0.2, 0.25) is 5.78 Å². The lowest BCUT2D eigenvalue weighted by Gasteiger charge is -2.03. The van der Waals surface area contributed by atoms with Crippen LogP contribution in [0.1, 0.15) is 32.1 Å². The van der Waals surface area contributed by atoms with Gasteiger partial charge in [-0.05, 0) is 36.8 Å². The van der Waals surface area contributed by atoms with Crippen molar-refractivity contribution in [3.8, 4) is 11.3 Å². The van der Waals surface area contributed by atoms with E-state index < -0.39 is 5.97 Å². The first-order chi connectivity index (χ1) is 13.1. The molecule has 0 bridgehead atoms. The van der Waals surface area contributed by atoms with Crippen LogP contribution in [0.2, 0.25) is 0 Å². The van der Waals surface area contributed by atoms with Crippen LogP contribution >= 0.6 is 0 Å². The minimum absolute atomic E-state index is 0.150. The Kier molecular flexibility index (Phi) is 4.05. The Labute approximate surface area is 155 Å². The summed E-state index contributed by atoms with van der Waals surface area (Å²) >= 11 is 0. The van der Waals surface area contributed by atoms with Crippen molar-refractivity contribution in [3.05, 3.63) is 95.4 Å². The van der Waals surface area contributed by atoms with E-state index in [0.29, 0.717) is 17.1 Å². The first kappa shape index (κ1) is 16.7. The highest BCUT2D eigenvalue weighted by atomic mass is 16.4. The minimum atomic E-state index is -0.980. The summed E-state index contributed by atoms with van der Waals surface area (Å²) in [6.45, 7) is 1.90. The van der Waals surface area contributed by atoms with Crippen LogP contribution in [-0.2, 0) is 0 Å². The SMILES string of the molecule is Cc1ccccc1C(=O)c1nc(-c2ccc(C(=O)O)cc2)c2ccccn12. The van der Waals surface area contributed by atoms with Crippen LogP contribution in [0.25, 0.3) is 16.8 Å². The summed E-state index contributed by atoms with van der Waals surface area (Å²) in [5, 5.41) is 9.08. The highest BCUT2D eigenvalue weighted by Crippen LogP contribution is 2.26. The maximum Gasteiger partial charge on any atom is 0.335 e. The van der Waals surface area contributed by atoms with Gasteiger partial charge in [-0.2, -0.15) is 0 Å². The lowest BCUT2D eigenvalue weighted by molar-refractivity contribution is 0.0696. The van der Waals surface area contributed by atoms with E-state index in [0.717, 1.165) is 16.6 Å². The topological polar surface area (TPSA) is 71.7 Å². The van der Waals surface area contributed by atoms with E-state index in [1.807, 2.05) is 49.5 Å². The van der Waals surface area contributed by atoms with Crippen LogP contribution < -0.4 is 0 Å². The Morgan fingerprint density at radius 3 is 2.33 bits per heavy atom. The van der Waals surface area contributed by atoms with Crippen molar-refractivity contribution < 1.29 is 14.7 Å². The van der Waals surface area contributed by atoms with Crippen molar-refractivity contribution in [1.82, 2.24) is 9.38 Å². The number of hydrogen-bond acceptors (Lipinski definition) is 3. The summed E-state index contributed by atoms with van der Waals surface area (Å²) in [5.74, 6) is -0.799. The van der Waals surface area contributed by atoms with Crippen molar-refractivity contribution in [2.75, 3.05) is 0 Å². The molecule has 0 saturated heterocycles. The molecule has 0 fully saturated rings. The molecule has 0 radical (unpaired) electrons. The molecule has 2 aromatic carbocycles. The number of ketones is 1. The van der Waals surface area contributed by atoms with Gasteiger partial charge in [0.1, 0.15) is 0 Å². The molecule has 0 unspecified atom stereocenters. The van der Waals surface area contributed by atoms with Gasteiger partial charge in [0.25, 0.3) is 0 Å². The molecule has 0 aliphatic heterocycles. The van der Waals surface area contributed by atoms with E-state index in [1.165, 1.54) is 12.1 Å². The second-order valence-electron chi connectivity index (χ2n) is 6.27. The fourth-order valence-electron chi connectivity index (χ4n) is 3.13. The van der Waals surface area contributed by atoms with Crippen LogP contribution in [0.3, 0.4) is 0 Å². The fourth-order valence-corrected chi connectivity index (χ4v) is 3.13. The molecule has 2 heterocycles. The van der Waals surface area contributed by atoms with Gasteiger partial charge in [0.15, 0.2) is 5.82 Å². The molecule has 1 N–H and O–H groups in total. The molecule has 0 spiro atoms. The predicted octanol–water partition coefficient (Wildman–Crippen LogP) is 4.24. The molecule has 4 rings (SSSR count). The van der Waals surface area contributed by atoms with E-state index in [-0.39, 0.29) is 11.3 Å². The van der Waals surface area contributed by atoms with Crippen molar-refractivity contribution in [1.29, 1.82) is 0 Å². The van der Waals surface area contributed by atoms with Crippen LogP contribution in [0, 0.1) is 6.92 Å². The number of hydrogen-bond donors (Lipinski definition) is 1. The number of pyridine rings is 1. The first-order valence-electron chi connectivity index (χ1n) is 8.47. The van der Waals surface area contributed by atoms with E-state index in [4.69, 9.17) is 5.11 Å². The van der Waals surface area contributed by atoms with Crippen molar-refractivity contribution in [2.45, 2.75) is 6.92 Å². The average molecular weight is 356 g/mol. The highest BCUT2D eigenvalue weighted by Gasteiger charge is 2.20. The molecular weight excluding hydrogens is 340 g/mol. The number of nitrogens with zero attached hydrogens (tertiary/aromatic N) is 2. The summed E-state index contributed by atoms with van der Waals surface area (Å²) in [6.07, 6.45) is 1.81. The number of fused-ring (bicyclic) bond motifs is 1. The Bertz CT molecular complexity index is 1170. The third-order valence-corrected chi connectivity index (χ3v) is 4.55. The number of benzene rings is 2. The Morgan fingerprint density at radius 2 is 1.63 bits per heavy atom. The zero-order valence-electron chi connectivity index (χ0n) is 14.6. The molecule has 27 heavy (non-hydrogen) atoms. The first-order valence-corrected chi connectivity index (χ1v) is 8.47. The Balaban J connectivity index is 1.88. The number of carbonyl (C=O) groups excluding carboxylic acids is 1.